The number of anilines is 1. The standard InChI is InChI=1S/C13H14N4O2/c1-19-13(18)11-8-14-9-17-12(11)16-7-5-10-4-2-3-6-15-10/h2-4,6,8-9H,5,7H2,1H3,(H,14,16,17). The topological polar surface area (TPSA) is 77.0 Å². The highest BCUT2D eigenvalue weighted by molar-refractivity contribution is 5.94. The van der Waals surface area contributed by atoms with Gasteiger partial charge in [-0.15, -0.1) is 0 Å². The van der Waals surface area contributed by atoms with Gasteiger partial charge in [0, 0.05) is 31.1 Å². The third-order valence-electron chi connectivity index (χ3n) is 2.52. The molecule has 6 heteroatoms. The minimum absolute atomic E-state index is 0.325. The van der Waals surface area contributed by atoms with Gasteiger partial charge in [0.25, 0.3) is 0 Å². The highest BCUT2D eigenvalue weighted by atomic mass is 16.5. The molecule has 0 spiro atoms. The third kappa shape index (κ3) is 3.48. The average molecular weight is 258 g/mol. The van der Waals surface area contributed by atoms with Gasteiger partial charge >= 0.3 is 5.97 Å². The molecular formula is C13H14N4O2. The maximum Gasteiger partial charge on any atom is 0.343 e. The minimum atomic E-state index is -0.457. The number of ether oxygens (including phenoxy) is 1. The number of methoxy groups -OCH3 is 1. The second kappa shape index (κ2) is 6.44. The van der Waals surface area contributed by atoms with Crippen LogP contribution in [0.1, 0.15) is 16.1 Å². The molecule has 0 aliphatic rings. The smallest absolute Gasteiger partial charge is 0.343 e. The summed E-state index contributed by atoms with van der Waals surface area (Å²) in [6.07, 6.45) is 5.31. The summed E-state index contributed by atoms with van der Waals surface area (Å²) in [5, 5.41) is 3.09. The van der Waals surface area contributed by atoms with Crippen molar-refractivity contribution in [3.05, 3.63) is 48.2 Å². The number of aromatic nitrogens is 3. The van der Waals surface area contributed by atoms with Gasteiger partial charge in [-0.1, -0.05) is 6.07 Å². The summed E-state index contributed by atoms with van der Waals surface area (Å²) in [6, 6.07) is 5.76. The van der Waals surface area contributed by atoms with E-state index in [1.54, 1.807) is 6.20 Å². The Labute approximate surface area is 110 Å². The Kier molecular flexibility index (Phi) is 4.39. The molecule has 0 aromatic carbocycles. The van der Waals surface area contributed by atoms with Crippen LogP contribution in [0.2, 0.25) is 0 Å². The highest BCUT2D eigenvalue weighted by Gasteiger charge is 2.12. The molecule has 2 heterocycles. The van der Waals surface area contributed by atoms with Crippen molar-refractivity contribution in [3.63, 3.8) is 0 Å². The number of pyridine rings is 1. The Hall–Kier alpha value is -2.50. The van der Waals surface area contributed by atoms with E-state index in [4.69, 9.17) is 0 Å². The number of hydrogen-bond acceptors (Lipinski definition) is 6. The van der Waals surface area contributed by atoms with Gasteiger partial charge in [-0.2, -0.15) is 0 Å². The molecule has 6 nitrogen and oxygen atoms in total. The first-order chi connectivity index (χ1) is 9.31. The molecule has 2 rings (SSSR count). The van der Waals surface area contributed by atoms with Crippen LogP contribution in [0.3, 0.4) is 0 Å². The second-order valence-corrected chi connectivity index (χ2v) is 3.77. The number of carbonyl (C=O) groups is 1. The lowest BCUT2D eigenvalue weighted by molar-refractivity contribution is 0.0601. The zero-order valence-corrected chi connectivity index (χ0v) is 10.5. The first kappa shape index (κ1) is 12.9. The molecule has 1 N–H and O–H groups in total. The fourth-order valence-corrected chi connectivity index (χ4v) is 1.58. The quantitative estimate of drug-likeness (QED) is 0.815. The normalized spacial score (nSPS) is 9.95. The molecule has 0 saturated heterocycles. The van der Waals surface area contributed by atoms with Crippen LogP contribution >= 0.6 is 0 Å². The van der Waals surface area contributed by atoms with Crippen molar-refractivity contribution in [2.24, 2.45) is 0 Å². The van der Waals surface area contributed by atoms with Gasteiger partial charge in [-0.25, -0.2) is 14.8 Å². The van der Waals surface area contributed by atoms with E-state index in [1.807, 2.05) is 18.2 Å². The molecule has 0 saturated carbocycles. The number of nitrogens with zero attached hydrogens (tertiary/aromatic N) is 3. The Morgan fingerprint density at radius 1 is 1.37 bits per heavy atom. The fourth-order valence-electron chi connectivity index (χ4n) is 1.58. The molecule has 0 unspecified atom stereocenters. The third-order valence-corrected chi connectivity index (χ3v) is 2.52. The maximum atomic E-state index is 11.5. The summed E-state index contributed by atoms with van der Waals surface area (Å²) in [5.74, 6) is 0.0127. The molecule has 0 atom stereocenters. The van der Waals surface area contributed by atoms with Gasteiger partial charge in [0.2, 0.25) is 0 Å². The second-order valence-electron chi connectivity index (χ2n) is 3.77. The summed E-state index contributed by atoms with van der Waals surface area (Å²) in [6.45, 7) is 0.623. The van der Waals surface area contributed by atoms with Crippen LogP contribution in [0.5, 0.6) is 0 Å². The molecule has 19 heavy (non-hydrogen) atoms. The van der Waals surface area contributed by atoms with Crippen molar-refractivity contribution in [3.8, 4) is 0 Å². The first-order valence-corrected chi connectivity index (χ1v) is 5.83. The van der Waals surface area contributed by atoms with E-state index in [2.05, 4.69) is 25.0 Å². The number of rotatable bonds is 5. The van der Waals surface area contributed by atoms with E-state index >= 15 is 0 Å². The maximum absolute atomic E-state index is 11.5. The van der Waals surface area contributed by atoms with Gasteiger partial charge < -0.3 is 10.1 Å². The van der Waals surface area contributed by atoms with Gasteiger partial charge in [-0.3, -0.25) is 4.98 Å². The van der Waals surface area contributed by atoms with E-state index in [-0.39, 0.29) is 0 Å². The van der Waals surface area contributed by atoms with Crippen molar-refractivity contribution in [2.75, 3.05) is 19.0 Å². The molecule has 0 fully saturated rings. The van der Waals surface area contributed by atoms with Crippen LogP contribution in [-0.4, -0.2) is 34.6 Å². The lowest BCUT2D eigenvalue weighted by Gasteiger charge is -2.08. The van der Waals surface area contributed by atoms with E-state index < -0.39 is 5.97 Å². The molecule has 98 valence electrons. The molecule has 0 amide bonds. The van der Waals surface area contributed by atoms with Crippen LogP contribution in [-0.2, 0) is 11.2 Å². The first-order valence-electron chi connectivity index (χ1n) is 5.83. The summed E-state index contributed by atoms with van der Waals surface area (Å²) >= 11 is 0. The number of carbonyl (C=O) groups excluding carboxylic acids is 1. The Morgan fingerprint density at radius 2 is 2.26 bits per heavy atom. The predicted octanol–water partition coefficient (Wildman–Crippen LogP) is 1.31. The number of esters is 1. The van der Waals surface area contributed by atoms with Gasteiger partial charge in [0.1, 0.15) is 17.7 Å². The molecule has 0 aliphatic heterocycles. The Balaban J connectivity index is 1.98. The summed E-state index contributed by atoms with van der Waals surface area (Å²) in [7, 11) is 1.33. The summed E-state index contributed by atoms with van der Waals surface area (Å²) < 4.78 is 4.67. The van der Waals surface area contributed by atoms with E-state index in [1.165, 1.54) is 19.6 Å². The fraction of sp³-hybridized carbons (Fsp3) is 0.231. The van der Waals surface area contributed by atoms with Gasteiger partial charge in [0.05, 0.1) is 7.11 Å². The van der Waals surface area contributed by atoms with Crippen molar-refractivity contribution < 1.29 is 9.53 Å². The van der Waals surface area contributed by atoms with Gasteiger partial charge in [-0.05, 0) is 12.1 Å². The van der Waals surface area contributed by atoms with Crippen LogP contribution in [0.15, 0.2) is 36.9 Å². The SMILES string of the molecule is COC(=O)c1cncnc1NCCc1ccccn1. The average Bonchev–Trinajstić information content (AvgIpc) is 2.48. The van der Waals surface area contributed by atoms with Crippen LogP contribution in [0.25, 0.3) is 0 Å². The Bertz CT molecular complexity index is 545. The number of hydrogen-bond donors (Lipinski definition) is 1. The lowest BCUT2D eigenvalue weighted by atomic mass is 10.2. The van der Waals surface area contributed by atoms with E-state index in [0.717, 1.165) is 12.1 Å². The molecule has 2 aromatic heterocycles. The lowest BCUT2D eigenvalue weighted by Crippen LogP contribution is -2.13. The zero-order valence-electron chi connectivity index (χ0n) is 10.5. The predicted molar refractivity (Wildman–Crippen MR) is 69.8 cm³/mol. The summed E-state index contributed by atoms with van der Waals surface area (Å²) in [5.41, 5.74) is 1.30. The molecule has 0 bridgehead atoms. The largest absolute Gasteiger partial charge is 0.465 e. The zero-order chi connectivity index (χ0) is 13.5. The van der Waals surface area contributed by atoms with Crippen LogP contribution < -0.4 is 5.32 Å². The minimum Gasteiger partial charge on any atom is -0.465 e. The van der Waals surface area contributed by atoms with Crippen LogP contribution in [0.4, 0.5) is 5.82 Å². The molecule has 0 radical (unpaired) electrons. The van der Waals surface area contributed by atoms with Gasteiger partial charge in [0.15, 0.2) is 0 Å². The van der Waals surface area contributed by atoms with Crippen molar-refractivity contribution >= 4 is 11.8 Å². The molecule has 2 aromatic rings. The summed E-state index contributed by atoms with van der Waals surface area (Å²) in [4.78, 5) is 23.6. The van der Waals surface area contributed by atoms with Crippen LogP contribution in [0, 0.1) is 0 Å². The van der Waals surface area contributed by atoms with E-state index in [0.29, 0.717) is 17.9 Å². The monoisotopic (exact) mass is 258 g/mol. The van der Waals surface area contributed by atoms with Crippen molar-refractivity contribution in [2.45, 2.75) is 6.42 Å². The Morgan fingerprint density at radius 3 is 3.00 bits per heavy atom. The highest BCUT2D eigenvalue weighted by Crippen LogP contribution is 2.11. The van der Waals surface area contributed by atoms with Crippen molar-refractivity contribution in [1.29, 1.82) is 0 Å². The molecular weight excluding hydrogens is 244 g/mol. The molecule has 0 aliphatic carbocycles. The van der Waals surface area contributed by atoms with E-state index in [9.17, 15) is 4.79 Å². The van der Waals surface area contributed by atoms with Crippen molar-refractivity contribution in [1.82, 2.24) is 15.0 Å². The number of nitrogens with one attached hydrogen (secondary N) is 1.